The fourth-order valence-electron chi connectivity index (χ4n) is 2.02. The maximum absolute atomic E-state index is 12.3. The van der Waals surface area contributed by atoms with Crippen molar-refractivity contribution in [3.05, 3.63) is 58.4 Å². The van der Waals surface area contributed by atoms with Crippen molar-refractivity contribution in [2.24, 2.45) is 7.05 Å². The summed E-state index contributed by atoms with van der Waals surface area (Å²) in [5.41, 5.74) is 1.91. The summed E-state index contributed by atoms with van der Waals surface area (Å²) in [5, 5.41) is 9.28. The predicted molar refractivity (Wildman–Crippen MR) is 76.3 cm³/mol. The molecular weight excluding hydrogens is 278 g/mol. The van der Waals surface area contributed by atoms with Crippen LogP contribution in [0.4, 0.5) is 0 Å². The molecule has 1 aromatic heterocycles. The molecule has 0 amide bonds. The fourth-order valence-corrected chi connectivity index (χ4v) is 2.14. The molecular formula is C15H14ClNO3. The Morgan fingerprint density at radius 2 is 1.80 bits per heavy atom. The average molecular weight is 292 g/mol. The van der Waals surface area contributed by atoms with E-state index in [-0.39, 0.29) is 12.2 Å². The van der Waals surface area contributed by atoms with E-state index in [1.165, 1.54) is 0 Å². The first-order valence-electron chi connectivity index (χ1n) is 6.15. The normalized spacial score (nSPS) is 10.5. The maximum Gasteiger partial charge on any atom is 0.303 e. The van der Waals surface area contributed by atoms with E-state index >= 15 is 0 Å². The molecule has 1 heterocycles. The smallest absolute Gasteiger partial charge is 0.303 e. The lowest BCUT2D eigenvalue weighted by atomic mass is 10.1. The average Bonchev–Trinajstić information content (AvgIpc) is 2.78. The van der Waals surface area contributed by atoms with E-state index in [1.807, 2.05) is 0 Å². The minimum Gasteiger partial charge on any atom is -0.481 e. The second-order valence-corrected chi connectivity index (χ2v) is 4.94. The van der Waals surface area contributed by atoms with E-state index in [0.29, 0.717) is 22.7 Å². The Bertz CT molecular complexity index is 644. The number of aromatic nitrogens is 1. The number of hydrogen-bond donors (Lipinski definition) is 1. The highest BCUT2D eigenvalue weighted by molar-refractivity contribution is 6.30. The second kappa shape index (κ2) is 5.92. The van der Waals surface area contributed by atoms with Crippen LogP contribution in [0.15, 0.2) is 36.4 Å². The van der Waals surface area contributed by atoms with Gasteiger partial charge in [0.2, 0.25) is 5.78 Å². The number of halogens is 1. The number of benzene rings is 1. The number of aliphatic carboxylic acids is 1. The van der Waals surface area contributed by atoms with Gasteiger partial charge in [-0.1, -0.05) is 11.6 Å². The summed E-state index contributed by atoms with van der Waals surface area (Å²) in [6.45, 7) is 0. The molecule has 0 bridgehead atoms. The third-order valence-corrected chi connectivity index (χ3v) is 3.41. The predicted octanol–water partition coefficient (Wildman–Crippen LogP) is 2.93. The molecule has 0 aliphatic rings. The van der Waals surface area contributed by atoms with Crippen LogP contribution in [0, 0.1) is 0 Å². The quantitative estimate of drug-likeness (QED) is 0.862. The number of hydrogen-bond acceptors (Lipinski definition) is 2. The molecule has 4 nitrogen and oxygen atoms in total. The minimum absolute atomic E-state index is 0.0480. The molecule has 0 aliphatic heterocycles. The summed E-state index contributed by atoms with van der Waals surface area (Å²) in [5.74, 6) is -0.956. The van der Waals surface area contributed by atoms with E-state index < -0.39 is 5.97 Å². The van der Waals surface area contributed by atoms with Crippen LogP contribution in [0.2, 0.25) is 5.02 Å². The van der Waals surface area contributed by atoms with Crippen molar-refractivity contribution in [1.29, 1.82) is 0 Å². The van der Waals surface area contributed by atoms with Crippen molar-refractivity contribution in [1.82, 2.24) is 4.57 Å². The first-order valence-corrected chi connectivity index (χ1v) is 6.53. The van der Waals surface area contributed by atoms with Gasteiger partial charge in [0.05, 0.1) is 12.1 Å². The number of carboxylic acid groups (broad SMARTS) is 1. The van der Waals surface area contributed by atoms with Crippen LogP contribution in [0.3, 0.4) is 0 Å². The zero-order chi connectivity index (χ0) is 14.7. The number of rotatable bonds is 5. The van der Waals surface area contributed by atoms with Gasteiger partial charge in [-0.05, 0) is 42.8 Å². The van der Waals surface area contributed by atoms with Crippen LogP contribution in [0.5, 0.6) is 0 Å². The molecule has 0 radical (unpaired) electrons. The molecule has 0 unspecified atom stereocenters. The molecule has 0 saturated heterocycles. The van der Waals surface area contributed by atoms with Gasteiger partial charge in [0.25, 0.3) is 0 Å². The van der Waals surface area contributed by atoms with Crippen LogP contribution in [0.1, 0.15) is 28.2 Å². The van der Waals surface area contributed by atoms with E-state index in [0.717, 1.165) is 5.69 Å². The zero-order valence-electron chi connectivity index (χ0n) is 11.0. The Morgan fingerprint density at radius 1 is 1.15 bits per heavy atom. The fraction of sp³-hybridized carbons (Fsp3) is 0.200. The van der Waals surface area contributed by atoms with E-state index in [4.69, 9.17) is 16.7 Å². The SMILES string of the molecule is Cn1c(CCC(=O)O)ccc1C(=O)c1ccc(Cl)cc1. The summed E-state index contributed by atoms with van der Waals surface area (Å²) in [7, 11) is 1.76. The number of ketones is 1. The lowest BCUT2D eigenvalue weighted by Gasteiger charge is -2.06. The van der Waals surface area contributed by atoms with Gasteiger partial charge in [-0.2, -0.15) is 0 Å². The Labute approximate surface area is 121 Å². The third kappa shape index (κ3) is 3.08. The summed E-state index contributed by atoms with van der Waals surface area (Å²) in [6.07, 6.45) is 0.451. The van der Waals surface area contributed by atoms with E-state index in [2.05, 4.69) is 0 Å². The number of carbonyl (C=O) groups excluding carboxylic acids is 1. The van der Waals surface area contributed by atoms with E-state index in [1.54, 1.807) is 48.0 Å². The first kappa shape index (κ1) is 14.3. The zero-order valence-corrected chi connectivity index (χ0v) is 11.7. The van der Waals surface area contributed by atoms with Crippen LogP contribution in [-0.4, -0.2) is 21.4 Å². The second-order valence-electron chi connectivity index (χ2n) is 4.50. The molecule has 2 aromatic rings. The van der Waals surface area contributed by atoms with Gasteiger partial charge < -0.3 is 9.67 Å². The summed E-state index contributed by atoms with van der Waals surface area (Å²) in [4.78, 5) is 22.9. The standard InChI is InChI=1S/C15H14ClNO3/c1-17-12(7-9-14(18)19)6-8-13(17)15(20)10-2-4-11(16)5-3-10/h2-6,8H,7,9H2,1H3,(H,18,19). The molecule has 2 rings (SSSR count). The molecule has 0 aliphatic carbocycles. The lowest BCUT2D eigenvalue weighted by Crippen LogP contribution is -2.10. The lowest BCUT2D eigenvalue weighted by molar-refractivity contribution is -0.136. The molecule has 0 atom stereocenters. The van der Waals surface area contributed by atoms with Crippen molar-refractivity contribution >= 4 is 23.4 Å². The Balaban J connectivity index is 2.22. The number of aryl methyl sites for hydroxylation is 1. The summed E-state index contributed by atoms with van der Waals surface area (Å²) >= 11 is 5.80. The highest BCUT2D eigenvalue weighted by Crippen LogP contribution is 2.16. The molecule has 5 heteroatoms. The topological polar surface area (TPSA) is 59.3 Å². The van der Waals surface area contributed by atoms with Gasteiger partial charge in [0.15, 0.2) is 0 Å². The van der Waals surface area contributed by atoms with Crippen molar-refractivity contribution in [2.45, 2.75) is 12.8 Å². The van der Waals surface area contributed by atoms with Crippen molar-refractivity contribution in [3.63, 3.8) is 0 Å². The van der Waals surface area contributed by atoms with Gasteiger partial charge >= 0.3 is 5.97 Å². The van der Waals surface area contributed by atoms with Crippen molar-refractivity contribution < 1.29 is 14.7 Å². The van der Waals surface area contributed by atoms with Gasteiger partial charge in [-0.25, -0.2) is 0 Å². The van der Waals surface area contributed by atoms with Gasteiger partial charge in [0.1, 0.15) is 0 Å². The number of carboxylic acids is 1. The van der Waals surface area contributed by atoms with Crippen molar-refractivity contribution in [3.8, 4) is 0 Å². The first-order chi connectivity index (χ1) is 9.49. The Hall–Kier alpha value is -2.07. The molecule has 1 aromatic carbocycles. The molecule has 1 N–H and O–H groups in total. The van der Waals surface area contributed by atoms with E-state index in [9.17, 15) is 9.59 Å². The Morgan fingerprint density at radius 3 is 2.40 bits per heavy atom. The summed E-state index contributed by atoms with van der Waals surface area (Å²) in [6, 6.07) is 10.2. The molecule has 0 spiro atoms. The highest BCUT2D eigenvalue weighted by Gasteiger charge is 2.15. The molecule has 0 fully saturated rings. The number of nitrogens with zero attached hydrogens (tertiary/aromatic N) is 1. The molecule has 20 heavy (non-hydrogen) atoms. The van der Waals surface area contributed by atoms with Crippen LogP contribution in [-0.2, 0) is 18.3 Å². The van der Waals surface area contributed by atoms with Crippen LogP contribution in [0.25, 0.3) is 0 Å². The highest BCUT2D eigenvalue weighted by atomic mass is 35.5. The minimum atomic E-state index is -0.850. The molecule has 0 saturated carbocycles. The summed E-state index contributed by atoms with van der Waals surface area (Å²) < 4.78 is 1.74. The van der Waals surface area contributed by atoms with Crippen molar-refractivity contribution in [2.75, 3.05) is 0 Å². The monoisotopic (exact) mass is 291 g/mol. The largest absolute Gasteiger partial charge is 0.481 e. The van der Waals surface area contributed by atoms with Crippen LogP contribution < -0.4 is 0 Å². The maximum atomic E-state index is 12.3. The Kier molecular flexibility index (Phi) is 4.25. The van der Waals surface area contributed by atoms with Gasteiger partial charge in [-0.3, -0.25) is 9.59 Å². The number of carbonyl (C=O) groups is 2. The van der Waals surface area contributed by atoms with Gasteiger partial charge in [-0.15, -0.1) is 0 Å². The van der Waals surface area contributed by atoms with Crippen LogP contribution >= 0.6 is 11.6 Å². The third-order valence-electron chi connectivity index (χ3n) is 3.16. The van der Waals surface area contributed by atoms with Gasteiger partial charge in [0, 0.05) is 23.3 Å². The molecule has 104 valence electrons.